The van der Waals surface area contributed by atoms with Gasteiger partial charge in [-0.05, 0) is 12.1 Å². The van der Waals surface area contributed by atoms with Gasteiger partial charge < -0.3 is 14.7 Å². The predicted molar refractivity (Wildman–Crippen MR) is 48.5 cm³/mol. The van der Waals surface area contributed by atoms with E-state index in [-0.39, 0.29) is 5.91 Å². The number of nitrogens with zero attached hydrogens (tertiary/aromatic N) is 1. The highest BCUT2D eigenvalue weighted by atomic mass is 16.3. The zero-order valence-electron chi connectivity index (χ0n) is 7.36. The van der Waals surface area contributed by atoms with E-state index in [4.69, 9.17) is 4.42 Å². The number of carbonyl (C=O) groups is 1. The van der Waals surface area contributed by atoms with Gasteiger partial charge in [0.05, 0.1) is 24.8 Å². The van der Waals surface area contributed by atoms with Crippen LogP contribution in [0.5, 0.6) is 0 Å². The maximum absolute atomic E-state index is 11.4. The third-order valence-corrected chi connectivity index (χ3v) is 1.74. The van der Waals surface area contributed by atoms with Gasteiger partial charge in [0.1, 0.15) is 0 Å². The molecule has 72 valence electrons. The lowest BCUT2D eigenvalue weighted by Gasteiger charge is -1.99. The molecule has 0 bridgehead atoms. The molecular formula is C9H9N3O2. The van der Waals surface area contributed by atoms with Gasteiger partial charge in [-0.3, -0.25) is 4.79 Å². The van der Waals surface area contributed by atoms with Crippen molar-refractivity contribution >= 4 is 5.91 Å². The fraction of sp³-hybridized carbons (Fsp3) is 0.111. The standard InChI is InChI=1S/C9H9N3O2/c13-9(8-2-1-3-14-8)11-5-7-4-10-6-12-7/h1-4,6H,5H2,(H,10,12)(H,11,13). The summed E-state index contributed by atoms with van der Waals surface area (Å²) < 4.78 is 4.93. The van der Waals surface area contributed by atoms with Gasteiger partial charge in [-0.2, -0.15) is 0 Å². The number of nitrogens with one attached hydrogen (secondary N) is 2. The second-order valence-corrected chi connectivity index (χ2v) is 2.74. The number of carbonyl (C=O) groups excluding carboxylic acids is 1. The minimum atomic E-state index is -0.232. The monoisotopic (exact) mass is 191 g/mol. The van der Waals surface area contributed by atoms with E-state index < -0.39 is 0 Å². The Morgan fingerprint density at radius 3 is 3.21 bits per heavy atom. The van der Waals surface area contributed by atoms with Gasteiger partial charge in [0, 0.05) is 6.20 Å². The molecule has 5 nitrogen and oxygen atoms in total. The summed E-state index contributed by atoms with van der Waals surface area (Å²) in [7, 11) is 0. The highest BCUT2D eigenvalue weighted by Gasteiger charge is 2.07. The van der Waals surface area contributed by atoms with Crippen molar-refractivity contribution in [3.05, 3.63) is 42.4 Å². The smallest absolute Gasteiger partial charge is 0.287 e. The number of hydrogen-bond acceptors (Lipinski definition) is 3. The molecule has 0 fully saturated rings. The molecule has 2 aromatic heterocycles. The summed E-state index contributed by atoms with van der Waals surface area (Å²) in [5.41, 5.74) is 0.852. The van der Waals surface area contributed by atoms with E-state index in [1.54, 1.807) is 24.7 Å². The maximum Gasteiger partial charge on any atom is 0.287 e. The first-order chi connectivity index (χ1) is 6.86. The van der Waals surface area contributed by atoms with Gasteiger partial charge in [-0.25, -0.2) is 4.98 Å². The van der Waals surface area contributed by atoms with E-state index >= 15 is 0 Å². The average molecular weight is 191 g/mol. The number of imidazole rings is 1. The lowest BCUT2D eigenvalue weighted by Crippen LogP contribution is -2.22. The molecule has 2 heterocycles. The van der Waals surface area contributed by atoms with Crippen LogP contribution in [0, 0.1) is 0 Å². The lowest BCUT2D eigenvalue weighted by molar-refractivity contribution is 0.0922. The molecule has 0 radical (unpaired) electrons. The van der Waals surface area contributed by atoms with Crippen LogP contribution in [-0.2, 0) is 6.54 Å². The molecule has 0 aliphatic rings. The van der Waals surface area contributed by atoms with Crippen LogP contribution < -0.4 is 5.32 Å². The normalized spacial score (nSPS) is 10.0. The molecule has 0 aromatic carbocycles. The third kappa shape index (κ3) is 1.82. The predicted octanol–water partition coefficient (Wildman–Crippen LogP) is 0.933. The summed E-state index contributed by atoms with van der Waals surface area (Å²) in [6.07, 6.45) is 4.68. The molecule has 0 aliphatic carbocycles. The van der Waals surface area contributed by atoms with Crippen LogP contribution in [0.1, 0.15) is 16.2 Å². The van der Waals surface area contributed by atoms with Crippen molar-refractivity contribution in [3.8, 4) is 0 Å². The van der Waals surface area contributed by atoms with Crippen LogP contribution in [0.4, 0.5) is 0 Å². The van der Waals surface area contributed by atoms with Crippen molar-refractivity contribution in [2.24, 2.45) is 0 Å². The summed E-state index contributed by atoms with van der Waals surface area (Å²) in [5.74, 6) is 0.0779. The molecular weight excluding hydrogens is 182 g/mol. The molecule has 0 spiro atoms. The third-order valence-electron chi connectivity index (χ3n) is 1.74. The number of aromatic amines is 1. The average Bonchev–Trinajstić information content (AvgIpc) is 2.87. The molecule has 0 atom stereocenters. The first-order valence-corrected chi connectivity index (χ1v) is 4.15. The summed E-state index contributed by atoms with van der Waals surface area (Å²) in [6, 6.07) is 3.29. The first-order valence-electron chi connectivity index (χ1n) is 4.15. The Labute approximate surface area is 80.2 Å². The van der Waals surface area contributed by atoms with E-state index in [1.165, 1.54) is 6.26 Å². The van der Waals surface area contributed by atoms with Crippen molar-refractivity contribution in [2.45, 2.75) is 6.54 Å². The maximum atomic E-state index is 11.4. The number of rotatable bonds is 3. The Kier molecular flexibility index (Phi) is 2.31. The summed E-state index contributed by atoms with van der Waals surface area (Å²) in [6.45, 7) is 0.416. The minimum Gasteiger partial charge on any atom is -0.459 e. The summed E-state index contributed by atoms with van der Waals surface area (Å²) >= 11 is 0. The quantitative estimate of drug-likeness (QED) is 0.758. The summed E-state index contributed by atoms with van der Waals surface area (Å²) in [5, 5.41) is 2.68. The van der Waals surface area contributed by atoms with Gasteiger partial charge in [0.15, 0.2) is 5.76 Å². The molecule has 2 N–H and O–H groups in total. The fourth-order valence-electron chi connectivity index (χ4n) is 1.05. The van der Waals surface area contributed by atoms with Crippen molar-refractivity contribution in [1.29, 1.82) is 0 Å². The van der Waals surface area contributed by atoms with Crippen molar-refractivity contribution < 1.29 is 9.21 Å². The highest BCUT2D eigenvalue weighted by molar-refractivity contribution is 5.91. The number of hydrogen-bond donors (Lipinski definition) is 2. The second-order valence-electron chi connectivity index (χ2n) is 2.74. The summed E-state index contributed by atoms with van der Waals surface area (Å²) in [4.78, 5) is 18.1. The van der Waals surface area contributed by atoms with Gasteiger partial charge in [-0.1, -0.05) is 0 Å². The number of aromatic nitrogens is 2. The van der Waals surface area contributed by atoms with Gasteiger partial charge >= 0.3 is 0 Å². The SMILES string of the molecule is O=C(NCc1cnc[nH]1)c1ccco1. The molecule has 2 rings (SSSR count). The van der Waals surface area contributed by atoms with Crippen molar-refractivity contribution in [3.63, 3.8) is 0 Å². The number of furan rings is 1. The Morgan fingerprint density at radius 1 is 1.64 bits per heavy atom. The Morgan fingerprint density at radius 2 is 2.57 bits per heavy atom. The van der Waals surface area contributed by atoms with Crippen LogP contribution in [-0.4, -0.2) is 15.9 Å². The number of amides is 1. The molecule has 0 unspecified atom stereocenters. The van der Waals surface area contributed by atoms with Gasteiger partial charge in [0.2, 0.25) is 0 Å². The van der Waals surface area contributed by atoms with Crippen LogP contribution in [0.25, 0.3) is 0 Å². The topological polar surface area (TPSA) is 70.9 Å². The minimum absolute atomic E-state index is 0.232. The Balaban J connectivity index is 1.90. The molecule has 0 aliphatic heterocycles. The Hall–Kier alpha value is -2.04. The molecule has 1 amide bonds. The van der Waals surface area contributed by atoms with Gasteiger partial charge in [0.25, 0.3) is 5.91 Å². The zero-order valence-corrected chi connectivity index (χ0v) is 7.36. The molecule has 0 saturated heterocycles. The second kappa shape index (κ2) is 3.78. The van der Waals surface area contributed by atoms with E-state index in [0.717, 1.165) is 5.69 Å². The lowest BCUT2D eigenvalue weighted by atomic mass is 10.4. The van der Waals surface area contributed by atoms with Crippen molar-refractivity contribution in [2.75, 3.05) is 0 Å². The molecule has 14 heavy (non-hydrogen) atoms. The Bertz CT molecular complexity index is 392. The van der Waals surface area contributed by atoms with Gasteiger partial charge in [-0.15, -0.1) is 0 Å². The molecule has 0 saturated carbocycles. The highest BCUT2D eigenvalue weighted by Crippen LogP contribution is 1.99. The van der Waals surface area contributed by atoms with E-state index in [1.807, 2.05) is 0 Å². The van der Waals surface area contributed by atoms with Crippen LogP contribution in [0.15, 0.2) is 35.3 Å². The van der Waals surface area contributed by atoms with Crippen molar-refractivity contribution in [1.82, 2.24) is 15.3 Å². The van der Waals surface area contributed by atoms with E-state index in [2.05, 4.69) is 15.3 Å². The number of H-pyrrole nitrogens is 1. The molecule has 5 heteroatoms. The van der Waals surface area contributed by atoms with E-state index in [0.29, 0.717) is 12.3 Å². The largest absolute Gasteiger partial charge is 0.459 e. The van der Waals surface area contributed by atoms with Crippen LogP contribution >= 0.6 is 0 Å². The van der Waals surface area contributed by atoms with Crippen LogP contribution in [0.3, 0.4) is 0 Å². The molecule has 2 aromatic rings. The fourth-order valence-corrected chi connectivity index (χ4v) is 1.05. The van der Waals surface area contributed by atoms with E-state index in [9.17, 15) is 4.79 Å². The zero-order chi connectivity index (χ0) is 9.80. The van der Waals surface area contributed by atoms with Crippen LogP contribution in [0.2, 0.25) is 0 Å². The first kappa shape index (κ1) is 8.55.